The maximum Gasteiger partial charge on any atom is 0.0759 e. The molecule has 0 saturated carbocycles. The number of nitrogens with one attached hydrogen (secondary N) is 1. The van der Waals surface area contributed by atoms with Crippen molar-refractivity contribution in [3.05, 3.63) is 63.6 Å². The number of anilines is 1. The van der Waals surface area contributed by atoms with E-state index >= 15 is 0 Å². The fraction of sp³-hybridized carbons (Fsp3) is 0.143. The minimum absolute atomic E-state index is 0.0176. The smallest absolute Gasteiger partial charge is 0.0759 e. The molecular weight excluding hydrogens is 314 g/mol. The summed E-state index contributed by atoms with van der Waals surface area (Å²) in [7, 11) is 0. The maximum atomic E-state index is 9.50. The first kappa shape index (κ1) is 13.4. The molecule has 0 radical (unpaired) electrons. The van der Waals surface area contributed by atoms with Gasteiger partial charge in [0.1, 0.15) is 0 Å². The first-order valence-electron chi connectivity index (χ1n) is 5.58. The second-order valence-electron chi connectivity index (χ2n) is 3.91. The van der Waals surface area contributed by atoms with E-state index in [1.165, 1.54) is 0 Å². The van der Waals surface area contributed by atoms with E-state index in [-0.39, 0.29) is 12.6 Å². The van der Waals surface area contributed by atoms with Gasteiger partial charge in [0.15, 0.2) is 0 Å². The molecule has 2 aromatic rings. The van der Waals surface area contributed by atoms with Gasteiger partial charge in [-0.25, -0.2) is 0 Å². The summed E-state index contributed by atoms with van der Waals surface area (Å²) in [6.45, 7) is -0.0176. The summed E-state index contributed by atoms with van der Waals surface area (Å²) in [6.07, 6.45) is 0. The lowest BCUT2D eigenvalue weighted by atomic mass is 10.1. The van der Waals surface area contributed by atoms with E-state index < -0.39 is 0 Å². The molecule has 0 aliphatic heterocycles. The Morgan fingerprint density at radius 3 is 2.61 bits per heavy atom. The Morgan fingerprint density at radius 2 is 1.94 bits per heavy atom. The summed E-state index contributed by atoms with van der Waals surface area (Å²) in [5, 5.41) is 13.4. The zero-order chi connectivity index (χ0) is 13.0. The Labute approximate surface area is 120 Å². The van der Waals surface area contributed by atoms with Crippen LogP contribution in [0.5, 0.6) is 0 Å². The van der Waals surface area contributed by atoms with Crippen LogP contribution in [0.2, 0.25) is 5.02 Å². The van der Waals surface area contributed by atoms with Crippen molar-refractivity contribution >= 4 is 33.2 Å². The number of aliphatic hydroxyl groups is 1. The molecule has 0 saturated heterocycles. The molecule has 18 heavy (non-hydrogen) atoms. The van der Waals surface area contributed by atoms with Gasteiger partial charge in [0.05, 0.1) is 12.6 Å². The van der Waals surface area contributed by atoms with Crippen molar-refractivity contribution in [2.75, 3.05) is 11.9 Å². The first-order valence-corrected chi connectivity index (χ1v) is 6.75. The number of benzene rings is 2. The summed E-state index contributed by atoms with van der Waals surface area (Å²) in [5.41, 5.74) is 1.82. The van der Waals surface area contributed by atoms with Crippen LogP contribution < -0.4 is 5.32 Å². The van der Waals surface area contributed by atoms with Gasteiger partial charge in [-0.05, 0) is 29.8 Å². The third-order valence-corrected chi connectivity index (χ3v) is 3.47. The highest BCUT2D eigenvalue weighted by molar-refractivity contribution is 9.10. The van der Waals surface area contributed by atoms with E-state index in [1.54, 1.807) is 0 Å². The average molecular weight is 327 g/mol. The van der Waals surface area contributed by atoms with E-state index in [0.29, 0.717) is 5.02 Å². The van der Waals surface area contributed by atoms with Crippen LogP contribution in [-0.2, 0) is 0 Å². The van der Waals surface area contributed by atoms with Crippen molar-refractivity contribution in [1.82, 2.24) is 0 Å². The molecule has 1 atom stereocenters. The van der Waals surface area contributed by atoms with E-state index in [2.05, 4.69) is 21.2 Å². The van der Waals surface area contributed by atoms with Crippen molar-refractivity contribution in [2.24, 2.45) is 0 Å². The molecule has 0 amide bonds. The molecule has 1 unspecified atom stereocenters. The lowest BCUT2D eigenvalue weighted by Gasteiger charge is -2.19. The highest BCUT2D eigenvalue weighted by Gasteiger charge is 2.13. The quantitative estimate of drug-likeness (QED) is 0.880. The number of halogens is 2. The minimum atomic E-state index is -0.215. The van der Waals surface area contributed by atoms with Gasteiger partial charge in [0.25, 0.3) is 0 Å². The maximum absolute atomic E-state index is 9.50. The van der Waals surface area contributed by atoms with Crippen LogP contribution in [0.4, 0.5) is 5.69 Å². The summed E-state index contributed by atoms with van der Waals surface area (Å²) in [4.78, 5) is 0. The monoisotopic (exact) mass is 325 g/mol. The molecule has 0 aromatic heterocycles. The summed E-state index contributed by atoms with van der Waals surface area (Å²) >= 11 is 9.55. The summed E-state index contributed by atoms with van der Waals surface area (Å²) in [5.74, 6) is 0. The molecule has 0 spiro atoms. The van der Waals surface area contributed by atoms with Crippen LogP contribution >= 0.6 is 27.5 Å². The number of rotatable bonds is 4. The Morgan fingerprint density at radius 1 is 1.17 bits per heavy atom. The summed E-state index contributed by atoms with van der Waals surface area (Å²) in [6, 6.07) is 15.1. The Kier molecular flexibility index (Phi) is 4.64. The molecular formula is C14H13BrClNO. The van der Waals surface area contributed by atoms with Crippen LogP contribution in [-0.4, -0.2) is 11.7 Å². The molecule has 2 rings (SSSR count). The van der Waals surface area contributed by atoms with Gasteiger partial charge < -0.3 is 10.4 Å². The normalized spacial score (nSPS) is 12.2. The second-order valence-corrected chi connectivity index (χ2v) is 5.23. The Hall–Kier alpha value is -1.03. The molecule has 94 valence electrons. The highest BCUT2D eigenvalue weighted by Crippen LogP contribution is 2.26. The molecule has 0 heterocycles. The van der Waals surface area contributed by atoms with E-state index in [9.17, 15) is 5.11 Å². The van der Waals surface area contributed by atoms with E-state index in [4.69, 9.17) is 11.6 Å². The standard InChI is InChI=1S/C14H13BrClNO/c15-10-4-3-5-11(8-10)17-14(9-18)12-6-1-2-7-13(12)16/h1-8,14,17-18H,9H2. The van der Waals surface area contributed by atoms with Crippen LogP contribution in [0.3, 0.4) is 0 Å². The minimum Gasteiger partial charge on any atom is -0.394 e. The Balaban J connectivity index is 2.23. The highest BCUT2D eigenvalue weighted by atomic mass is 79.9. The van der Waals surface area contributed by atoms with Gasteiger partial charge in [0.2, 0.25) is 0 Å². The van der Waals surface area contributed by atoms with Gasteiger partial charge in [-0.2, -0.15) is 0 Å². The van der Waals surface area contributed by atoms with Gasteiger partial charge >= 0.3 is 0 Å². The largest absolute Gasteiger partial charge is 0.394 e. The van der Waals surface area contributed by atoms with Gasteiger partial charge in [-0.1, -0.05) is 51.8 Å². The van der Waals surface area contributed by atoms with Crippen molar-refractivity contribution in [2.45, 2.75) is 6.04 Å². The Bertz CT molecular complexity index is 533. The van der Waals surface area contributed by atoms with Crippen LogP contribution in [0.1, 0.15) is 11.6 Å². The molecule has 2 aromatic carbocycles. The van der Waals surface area contributed by atoms with Crippen molar-refractivity contribution < 1.29 is 5.11 Å². The summed E-state index contributed by atoms with van der Waals surface area (Å²) < 4.78 is 0.989. The third kappa shape index (κ3) is 3.25. The van der Waals surface area contributed by atoms with Crippen molar-refractivity contribution in [1.29, 1.82) is 0 Å². The zero-order valence-electron chi connectivity index (χ0n) is 9.61. The molecule has 2 N–H and O–H groups in total. The SMILES string of the molecule is OCC(Nc1cccc(Br)c1)c1ccccc1Cl. The van der Waals surface area contributed by atoms with E-state index in [0.717, 1.165) is 15.7 Å². The topological polar surface area (TPSA) is 32.3 Å². The lowest BCUT2D eigenvalue weighted by molar-refractivity contribution is 0.276. The van der Waals surface area contributed by atoms with Crippen LogP contribution in [0.25, 0.3) is 0 Å². The predicted octanol–water partition coefficient (Wildman–Crippen LogP) is 4.25. The average Bonchev–Trinajstić information content (AvgIpc) is 2.37. The molecule has 4 heteroatoms. The van der Waals surface area contributed by atoms with Crippen molar-refractivity contribution in [3.63, 3.8) is 0 Å². The fourth-order valence-electron chi connectivity index (χ4n) is 1.76. The molecule has 0 aliphatic carbocycles. The molecule has 0 fully saturated rings. The molecule has 0 bridgehead atoms. The number of hydrogen-bond acceptors (Lipinski definition) is 2. The van der Waals surface area contributed by atoms with Gasteiger partial charge in [0, 0.05) is 15.2 Å². The third-order valence-electron chi connectivity index (χ3n) is 2.63. The number of hydrogen-bond donors (Lipinski definition) is 2. The first-order chi connectivity index (χ1) is 8.70. The van der Waals surface area contributed by atoms with Crippen molar-refractivity contribution in [3.8, 4) is 0 Å². The van der Waals surface area contributed by atoms with Gasteiger partial charge in [-0.15, -0.1) is 0 Å². The van der Waals surface area contributed by atoms with E-state index in [1.807, 2.05) is 48.5 Å². The number of aliphatic hydroxyl groups excluding tert-OH is 1. The molecule has 2 nitrogen and oxygen atoms in total. The van der Waals surface area contributed by atoms with Crippen LogP contribution in [0.15, 0.2) is 53.0 Å². The lowest BCUT2D eigenvalue weighted by Crippen LogP contribution is -2.15. The molecule has 0 aliphatic rings. The predicted molar refractivity (Wildman–Crippen MR) is 79.0 cm³/mol. The fourth-order valence-corrected chi connectivity index (χ4v) is 2.43. The van der Waals surface area contributed by atoms with Crippen LogP contribution in [0, 0.1) is 0 Å². The van der Waals surface area contributed by atoms with Gasteiger partial charge in [-0.3, -0.25) is 0 Å². The zero-order valence-corrected chi connectivity index (χ0v) is 11.9. The second kappa shape index (κ2) is 6.23.